The molecule has 1 aromatic carbocycles. The lowest BCUT2D eigenvalue weighted by Gasteiger charge is -2.26. The van der Waals surface area contributed by atoms with Gasteiger partial charge in [-0.15, -0.1) is 17.9 Å². The van der Waals surface area contributed by atoms with Crippen LogP contribution in [0.5, 0.6) is 0 Å². The second-order valence-corrected chi connectivity index (χ2v) is 10.4. The van der Waals surface area contributed by atoms with Crippen LogP contribution in [0.25, 0.3) is 27.8 Å². The number of aromatic nitrogens is 2. The zero-order valence-electron chi connectivity index (χ0n) is 21.1. The second-order valence-electron chi connectivity index (χ2n) is 9.41. The van der Waals surface area contributed by atoms with Gasteiger partial charge in [-0.3, -0.25) is 4.79 Å². The van der Waals surface area contributed by atoms with E-state index in [4.69, 9.17) is 10.7 Å². The first-order valence-electron chi connectivity index (χ1n) is 12.7. The van der Waals surface area contributed by atoms with Crippen molar-refractivity contribution in [3.05, 3.63) is 83.3 Å². The van der Waals surface area contributed by atoms with Crippen molar-refractivity contribution >= 4 is 34.7 Å². The van der Waals surface area contributed by atoms with Crippen LogP contribution < -0.4 is 5.73 Å². The number of hydrogen-bond donors (Lipinski definition) is 2. The Morgan fingerprint density at radius 3 is 2.67 bits per heavy atom. The number of nitrogens with zero attached hydrogens (tertiary/aromatic N) is 2. The van der Waals surface area contributed by atoms with E-state index in [0.717, 1.165) is 47.7 Å². The largest absolute Gasteiger partial charge is 0.481 e. The number of carboxylic acids is 1. The SMILES string of the molecule is C=CC/C=C(/N)c1c(/C(C)=C/c2cccc(-c3cccs3)c2)nc(C2CCC(C(=O)O)CC2)n1CC. The molecule has 36 heavy (non-hydrogen) atoms. The molecule has 2 aromatic heterocycles. The number of thiophene rings is 1. The van der Waals surface area contributed by atoms with Crippen LogP contribution in [0.3, 0.4) is 0 Å². The van der Waals surface area contributed by atoms with Gasteiger partial charge in [-0.25, -0.2) is 4.98 Å². The lowest BCUT2D eigenvalue weighted by molar-refractivity contribution is -0.142. The van der Waals surface area contributed by atoms with Crippen molar-refractivity contribution in [2.45, 2.75) is 58.4 Å². The molecule has 4 rings (SSSR count). The van der Waals surface area contributed by atoms with Gasteiger partial charge >= 0.3 is 5.97 Å². The van der Waals surface area contributed by atoms with Crippen molar-refractivity contribution in [2.75, 3.05) is 0 Å². The molecular formula is C30H35N3O2S. The average molecular weight is 502 g/mol. The van der Waals surface area contributed by atoms with E-state index in [0.29, 0.717) is 25.0 Å². The first kappa shape index (κ1) is 25.7. The highest BCUT2D eigenvalue weighted by Crippen LogP contribution is 2.38. The number of aliphatic carboxylic acids is 1. The van der Waals surface area contributed by atoms with Crippen molar-refractivity contribution in [3.63, 3.8) is 0 Å². The summed E-state index contributed by atoms with van der Waals surface area (Å²) >= 11 is 1.73. The highest BCUT2D eigenvalue weighted by atomic mass is 32.1. The molecule has 0 bridgehead atoms. The Morgan fingerprint density at radius 2 is 2.03 bits per heavy atom. The minimum Gasteiger partial charge on any atom is -0.481 e. The van der Waals surface area contributed by atoms with Crippen molar-refractivity contribution in [1.29, 1.82) is 0 Å². The van der Waals surface area contributed by atoms with Crippen molar-refractivity contribution in [2.24, 2.45) is 11.7 Å². The van der Waals surface area contributed by atoms with Gasteiger partial charge in [0.25, 0.3) is 0 Å². The summed E-state index contributed by atoms with van der Waals surface area (Å²) < 4.78 is 2.23. The van der Waals surface area contributed by atoms with E-state index in [-0.39, 0.29) is 11.8 Å². The van der Waals surface area contributed by atoms with Crippen LogP contribution in [0.15, 0.2) is 60.5 Å². The normalized spacial score (nSPS) is 18.8. The van der Waals surface area contributed by atoms with Gasteiger partial charge in [-0.1, -0.05) is 36.4 Å². The molecular weight excluding hydrogens is 466 g/mol. The topological polar surface area (TPSA) is 81.1 Å². The van der Waals surface area contributed by atoms with Gasteiger partial charge in [-0.05, 0) is 86.2 Å². The average Bonchev–Trinajstić information content (AvgIpc) is 3.56. The lowest BCUT2D eigenvalue weighted by Crippen LogP contribution is -2.22. The second kappa shape index (κ2) is 11.6. The number of carboxylic acid groups (broad SMARTS) is 1. The Hall–Kier alpha value is -3.38. The van der Waals surface area contributed by atoms with Crippen LogP contribution in [0.2, 0.25) is 0 Å². The fourth-order valence-electron chi connectivity index (χ4n) is 5.12. The highest BCUT2D eigenvalue weighted by Gasteiger charge is 2.31. The molecule has 0 amide bonds. The first-order chi connectivity index (χ1) is 17.4. The van der Waals surface area contributed by atoms with Crippen LogP contribution in [0.4, 0.5) is 0 Å². The lowest BCUT2D eigenvalue weighted by atomic mass is 9.81. The maximum absolute atomic E-state index is 11.5. The smallest absolute Gasteiger partial charge is 0.306 e. The number of imidazole rings is 1. The predicted molar refractivity (Wildman–Crippen MR) is 151 cm³/mol. The van der Waals surface area contributed by atoms with E-state index >= 15 is 0 Å². The molecule has 1 aliphatic rings. The van der Waals surface area contributed by atoms with Gasteiger partial charge < -0.3 is 15.4 Å². The number of hydrogen-bond acceptors (Lipinski definition) is 4. The molecule has 3 N–H and O–H groups in total. The first-order valence-corrected chi connectivity index (χ1v) is 13.5. The monoisotopic (exact) mass is 501 g/mol. The number of rotatable bonds is 9. The van der Waals surface area contributed by atoms with Crippen LogP contribution in [-0.4, -0.2) is 20.6 Å². The molecule has 2 heterocycles. The quantitative estimate of drug-likeness (QED) is 0.299. The van der Waals surface area contributed by atoms with Gasteiger partial charge in [0.05, 0.1) is 23.0 Å². The number of allylic oxidation sites excluding steroid dienone is 3. The number of carbonyl (C=O) groups is 1. The van der Waals surface area contributed by atoms with Crippen LogP contribution >= 0.6 is 11.3 Å². The summed E-state index contributed by atoms with van der Waals surface area (Å²) in [5.74, 6) is 0.311. The highest BCUT2D eigenvalue weighted by molar-refractivity contribution is 7.13. The summed E-state index contributed by atoms with van der Waals surface area (Å²) in [6.07, 6.45) is 9.73. The Bertz CT molecular complexity index is 1280. The van der Waals surface area contributed by atoms with Crippen LogP contribution in [0, 0.1) is 5.92 Å². The molecule has 5 nitrogen and oxygen atoms in total. The molecule has 6 heteroatoms. The zero-order chi connectivity index (χ0) is 25.7. The van der Waals surface area contributed by atoms with Crippen LogP contribution in [0.1, 0.15) is 74.6 Å². The summed E-state index contributed by atoms with van der Waals surface area (Å²) in [6, 6.07) is 12.7. The third-order valence-electron chi connectivity index (χ3n) is 6.98. The fraction of sp³-hybridized carbons (Fsp3) is 0.333. The third-order valence-corrected chi connectivity index (χ3v) is 7.90. The zero-order valence-corrected chi connectivity index (χ0v) is 21.9. The summed E-state index contributed by atoms with van der Waals surface area (Å²) in [7, 11) is 0. The van der Waals surface area contributed by atoms with Crippen molar-refractivity contribution in [3.8, 4) is 10.4 Å². The van der Waals surface area contributed by atoms with E-state index in [2.05, 4.69) is 72.8 Å². The Morgan fingerprint density at radius 1 is 1.25 bits per heavy atom. The van der Waals surface area contributed by atoms with Crippen molar-refractivity contribution in [1.82, 2.24) is 9.55 Å². The van der Waals surface area contributed by atoms with Crippen LogP contribution in [-0.2, 0) is 11.3 Å². The summed E-state index contributed by atoms with van der Waals surface area (Å²) in [4.78, 5) is 17.9. The number of benzene rings is 1. The van der Waals surface area contributed by atoms with E-state index in [1.54, 1.807) is 11.3 Å². The van der Waals surface area contributed by atoms with Gasteiger partial charge in [0.1, 0.15) is 5.82 Å². The minimum atomic E-state index is -0.686. The van der Waals surface area contributed by atoms with Gasteiger partial charge in [0, 0.05) is 17.3 Å². The van der Waals surface area contributed by atoms with E-state index < -0.39 is 5.97 Å². The Labute approximate surface area is 217 Å². The van der Waals surface area contributed by atoms with Gasteiger partial charge in [0.15, 0.2) is 0 Å². The van der Waals surface area contributed by atoms with Gasteiger partial charge in [-0.2, -0.15) is 0 Å². The van der Waals surface area contributed by atoms with E-state index in [1.165, 1.54) is 10.4 Å². The molecule has 0 spiro atoms. The maximum Gasteiger partial charge on any atom is 0.306 e. The molecule has 1 fully saturated rings. The minimum absolute atomic E-state index is 0.232. The molecule has 3 aromatic rings. The molecule has 0 atom stereocenters. The Balaban J connectivity index is 1.75. The molecule has 0 saturated heterocycles. The summed E-state index contributed by atoms with van der Waals surface area (Å²) in [5, 5.41) is 11.5. The third kappa shape index (κ3) is 5.54. The van der Waals surface area contributed by atoms with E-state index in [1.807, 2.05) is 12.2 Å². The van der Waals surface area contributed by atoms with Gasteiger partial charge in [0.2, 0.25) is 0 Å². The molecule has 0 unspecified atom stereocenters. The molecule has 0 radical (unpaired) electrons. The molecule has 1 aliphatic carbocycles. The predicted octanol–water partition coefficient (Wildman–Crippen LogP) is 7.43. The van der Waals surface area contributed by atoms with Crippen molar-refractivity contribution < 1.29 is 9.90 Å². The summed E-state index contributed by atoms with van der Waals surface area (Å²) in [5.41, 5.74) is 12.5. The fourth-order valence-corrected chi connectivity index (χ4v) is 5.84. The Kier molecular flexibility index (Phi) is 8.26. The number of nitrogens with two attached hydrogens (primary N) is 1. The van der Waals surface area contributed by atoms with E-state index in [9.17, 15) is 9.90 Å². The maximum atomic E-state index is 11.5. The molecule has 1 saturated carbocycles. The summed E-state index contributed by atoms with van der Waals surface area (Å²) in [6.45, 7) is 8.79. The molecule has 188 valence electrons. The standard InChI is InChI=1S/C30H35N3O2S/c1-4-6-11-25(31)28-27(20(3)18-21-9-7-10-24(19-21)26-12-8-17-36-26)32-29(33(28)5-2)22-13-15-23(16-14-22)30(34)35/h4,7-12,17-19,22-23H,1,5-6,13-16,31H2,2-3H3,(H,34,35)/b20-18+,25-11+. The molecule has 0 aliphatic heterocycles.